The molecule has 9 nitrogen and oxygen atoms in total. The van der Waals surface area contributed by atoms with Gasteiger partial charge in [0, 0.05) is 18.2 Å². The quantitative estimate of drug-likeness (QED) is 0.602. The zero-order chi connectivity index (χ0) is 18.2. The Morgan fingerprint density at radius 1 is 1.46 bits per heavy atom. The lowest BCUT2D eigenvalue weighted by Crippen LogP contribution is -2.52. The highest BCUT2D eigenvalue weighted by Gasteiger charge is 2.55. The van der Waals surface area contributed by atoms with Gasteiger partial charge in [-0.1, -0.05) is 6.92 Å². The van der Waals surface area contributed by atoms with Crippen molar-refractivity contribution in [2.24, 2.45) is 0 Å². The summed E-state index contributed by atoms with van der Waals surface area (Å²) in [5, 5.41) is 20.5. The van der Waals surface area contributed by atoms with Crippen molar-refractivity contribution in [2.45, 2.75) is 57.6 Å². The van der Waals surface area contributed by atoms with Gasteiger partial charge in [-0.05, 0) is 20.3 Å². The van der Waals surface area contributed by atoms with Crippen molar-refractivity contribution in [3.05, 3.63) is 32.6 Å². The van der Waals surface area contributed by atoms with E-state index in [1.165, 1.54) is 6.20 Å². The van der Waals surface area contributed by atoms with Gasteiger partial charge in [0.1, 0.15) is 18.4 Å². The molecule has 9 heteroatoms. The minimum atomic E-state index is -2.11. The SMILES string of the molecule is CCc1cn([C@H]2C[C@@](O)(C(C)=O)[C@@H](C(O)C(C)=O)O2)c(=O)[nH]c1=O. The lowest BCUT2D eigenvalue weighted by Gasteiger charge is -2.27. The molecule has 0 amide bonds. The summed E-state index contributed by atoms with van der Waals surface area (Å²) in [5.74, 6) is -1.37. The van der Waals surface area contributed by atoms with Crippen molar-refractivity contribution >= 4 is 11.6 Å². The number of carbonyl (C=O) groups excluding carboxylic acids is 2. The van der Waals surface area contributed by atoms with Crippen LogP contribution in [0.4, 0.5) is 0 Å². The number of nitrogens with zero attached hydrogens (tertiary/aromatic N) is 1. The molecule has 1 unspecified atom stereocenters. The summed E-state index contributed by atoms with van der Waals surface area (Å²) < 4.78 is 6.51. The Morgan fingerprint density at radius 3 is 2.58 bits per heavy atom. The third-order valence-electron chi connectivity index (χ3n) is 4.31. The van der Waals surface area contributed by atoms with E-state index in [2.05, 4.69) is 4.98 Å². The van der Waals surface area contributed by atoms with Crippen molar-refractivity contribution in [1.82, 2.24) is 9.55 Å². The number of aliphatic hydroxyl groups excluding tert-OH is 1. The Balaban J connectivity index is 2.48. The van der Waals surface area contributed by atoms with Crippen LogP contribution >= 0.6 is 0 Å². The number of nitrogens with one attached hydrogen (secondary N) is 1. The fourth-order valence-corrected chi connectivity index (χ4v) is 2.76. The van der Waals surface area contributed by atoms with Crippen LogP contribution < -0.4 is 11.2 Å². The highest BCUT2D eigenvalue weighted by molar-refractivity contribution is 5.88. The zero-order valence-corrected chi connectivity index (χ0v) is 13.6. The number of aromatic amines is 1. The number of ketones is 2. The van der Waals surface area contributed by atoms with Gasteiger partial charge in [-0.2, -0.15) is 0 Å². The topological polar surface area (TPSA) is 139 Å². The lowest BCUT2D eigenvalue weighted by molar-refractivity contribution is -0.158. The van der Waals surface area contributed by atoms with Gasteiger partial charge < -0.3 is 14.9 Å². The molecule has 2 heterocycles. The van der Waals surface area contributed by atoms with E-state index in [9.17, 15) is 29.4 Å². The Morgan fingerprint density at radius 2 is 2.08 bits per heavy atom. The normalized spacial score (nSPS) is 27.9. The van der Waals surface area contributed by atoms with Crippen molar-refractivity contribution < 1.29 is 24.5 Å². The molecule has 0 aromatic carbocycles. The van der Waals surface area contributed by atoms with Crippen LogP contribution in [0.3, 0.4) is 0 Å². The summed E-state index contributed by atoms with van der Waals surface area (Å²) in [6.45, 7) is 3.94. The van der Waals surface area contributed by atoms with Gasteiger partial charge in [-0.25, -0.2) is 4.79 Å². The smallest absolute Gasteiger partial charge is 0.330 e. The summed E-state index contributed by atoms with van der Waals surface area (Å²) in [6.07, 6.45) is -3.00. The van der Waals surface area contributed by atoms with Crippen LogP contribution in [-0.4, -0.2) is 49.1 Å². The second-order valence-electron chi connectivity index (χ2n) is 5.93. The Labute approximate surface area is 136 Å². The molecule has 1 fully saturated rings. The number of carbonyl (C=O) groups is 2. The van der Waals surface area contributed by atoms with E-state index in [4.69, 9.17) is 4.74 Å². The Kier molecular flexibility index (Phi) is 4.88. The molecule has 2 rings (SSSR count). The first-order valence-corrected chi connectivity index (χ1v) is 7.53. The van der Waals surface area contributed by atoms with Gasteiger partial charge in [0.05, 0.1) is 0 Å². The first-order chi connectivity index (χ1) is 11.1. The number of Topliss-reactive ketones (excluding diaryl/α,β-unsaturated/α-hetero) is 2. The van der Waals surface area contributed by atoms with Crippen LogP contribution in [0.5, 0.6) is 0 Å². The maximum absolute atomic E-state index is 12.0. The van der Waals surface area contributed by atoms with E-state index in [-0.39, 0.29) is 6.42 Å². The van der Waals surface area contributed by atoms with E-state index in [0.29, 0.717) is 12.0 Å². The average molecular weight is 340 g/mol. The molecular formula is C15H20N2O7. The van der Waals surface area contributed by atoms with Crippen LogP contribution in [-0.2, 0) is 20.7 Å². The number of rotatable bonds is 5. The summed E-state index contributed by atoms with van der Waals surface area (Å²) in [7, 11) is 0. The summed E-state index contributed by atoms with van der Waals surface area (Å²) >= 11 is 0. The molecule has 0 saturated carbocycles. The van der Waals surface area contributed by atoms with Gasteiger partial charge in [-0.3, -0.25) is 23.9 Å². The maximum Gasteiger partial charge on any atom is 0.330 e. The maximum atomic E-state index is 12.0. The van der Waals surface area contributed by atoms with E-state index < -0.39 is 46.9 Å². The highest BCUT2D eigenvalue weighted by Crippen LogP contribution is 2.38. The van der Waals surface area contributed by atoms with Crippen molar-refractivity contribution in [2.75, 3.05) is 0 Å². The molecule has 24 heavy (non-hydrogen) atoms. The number of aliphatic hydroxyl groups is 2. The Hall–Kier alpha value is -2.10. The molecule has 4 atom stereocenters. The van der Waals surface area contributed by atoms with E-state index in [1.54, 1.807) is 6.92 Å². The summed E-state index contributed by atoms with van der Waals surface area (Å²) in [6, 6.07) is 0. The molecule has 0 radical (unpaired) electrons. The Bertz CT molecular complexity index is 781. The second kappa shape index (κ2) is 6.42. The number of aryl methyl sites for hydroxylation is 1. The molecule has 0 spiro atoms. The lowest BCUT2D eigenvalue weighted by atomic mass is 9.86. The van der Waals surface area contributed by atoms with Crippen LogP contribution in [0.2, 0.25) is 0 Å². The highest BCUT2D eigenvalue weighted by atomic mass is 16.6. The largest absolute Gasteiger partial charge is 0.382 e. The van der Waals surface area contributed by atoms with E-state index in [1.807, 2.05) is 0 Å². The van der Waals surface area contributed by atoms with Crippen molar-refractivity contribution in [3.8, 4) is 0 Å². The first-order valence-electron chi connectivity index (χ1n) is 7.53. The molecule has 1 saturated heterocycles. The molecule has 1 aromatic rings. The molecule has 0 aliphatic carbocycles. The van der Waals surface area contributed by atoms with Crippen molar-refractivity contribution in [3.63, 3.8) is 0 Å². The third-order valence-corrected chi connectivity index (χ3v) is 4.31. The fraction of sp³-hybridized carbons (Fsp3) is 0.600. The third kappa shape index (κ3) is 2.97. The molecule has 1 aliphatic heterocycles. The number of aromatic nitrogens is 2. The van der Waals surface area contributed by atoms with Crippen LogP contribution in [0, 0.1) is 0 Å². The molecule has 132 valence electrons. The molecule has 0 bridgehead atoms. The number of hydrogen-bond donors (Lipinski definition) is 3. The van der Waals surface area contributed by atoms with Gasteiger partial charge in [0.15, 0.2) is 17.2 Å². The minimum absolute atomic E-state index is 0.320. The zero-order valence-electron chi connectivity index (χ0n) is 13.6. The van der Waals surface area contributed by atoms with Gasteiger partial charge in [-0.15, -0.1) is 0 Å². The molecular weight excluding hydrogens is 320 g/mol. The van der Waals surface area contributed by atoms with E-state index in [0.717, 1.165) is 18.4 Å². The van der Waals surface area contributed by atoms with Crippen LogP contribution in [0.1, 0.15) is 39.0 Å². The minimum Gasteiger partial charge on any atom is -0.382 e. The van der Waals surface area contributed by atoms with E-state index >= 15 is 0 Å². The number of H-pyrrole nitrogens is 1. The monoisotopic (exact) mass is 340 g/mol. The van der Waals surface area contributed by atoms with Gasteiger partial charge in [0.25, 0.3) is 5.56 Å². The predicted molar refractivity (Wildman–Crippen MR) is 81.5 cm³/mol. The van der Waals surface area contributed by atoms with Crippen LogP contribution in [0.15, 0.2) is 15.8 Å². The van der Waals surface area contributed by atoms with Gasteiger partial charge in [0.2, 0.25) is 0 Å². The molecule has 3 N–H and O–H groups in total. The summed E-state index contributed by atoms with van der Waals surface area (Å²) in [5.41, 5.74) is -3.09. The number of hydrogen-bond acceptors (Lipinski definition) is 7. The standard InChI is InChI=1S/C15H20N2O7/c1-4-9-6-17(14(22)16-13(9)21)10-5-15(23,8(3)19)12(24-10)11(20)7(2)18/h6,10-12,20,23H,4-5H2,1-3H3,(H,16,21,22)/t10-,11?,12-,15-/m1/s1. The van der Waals surface area contributed by atoms with Gasteiger partial charge >= 0.3 is 5.69 Å². The van der Waals surface area contributed by atoms with Crippen molar-refractivity contribution in [1.29, 1.82) is 0 Å². The van der Waals surface area contributed by atoms with Crippen LogP contribution in [0.25, 0.3) is 0 Å². The number of ether oxygens (including phenoxy) is 1. The molecule has 1 aromatic heterocycles. The predicted octanol–water partition coefficient (Wildman–Crippen LogP) is -1.34. The second-order valence-corrected chi connectivity index (χ2v) is 5.93. The first kappa shape index (κ1) is 18.2. The average Bonchev–Trinajstić information content (AvgIpc) is 2.85. The fourth-order valence-electron chi connectivity index (χ4n) is 2.76. The molecule has 1 aliphatic rings. The summed E-state index contributed by atoms with van der Waals surface area (Å²) in [4.78, 5) is 49.1.